The van der Waals surface area contributed by atoms with E-state index in [9.17, 15) is 18.0 Å². The Balaban J connectivity index is 1.87. The summed E-state index contributed by atoms with van der Waals surface area (Å²) < 4.78 is 22.3. The van der Waals surface area contributed by atoms with Crippen molar-refractivity contribution in [2.24, 2.45) is 5.14 Å². The molecule has 0 saturated carbocycles. The van der Waals surface area contributed by atoms with Gasteiger partial charge < -0.3 is 15.1 Å². The molecule has 126 valence electrons. The average molecular weight is 340 g/mol. The van der Waals surface area contributed by atoms with Crippen LogP contribution in [-0.4, -0.2) is 63.3 Å². The second-order valence-electron chi connectivity index (χ2n) is 5.47. The van der Waals surface area contributed by atoms with E-state index in [1.807, 2.05) is 7.05 Å². The SMILES string of the molecule is CN1CCN(C(=O)C(=O)NCc2ccc(S(N)(=O)=O)cc2)CC1. The lowest BCUT2D eigenvalue weighted by molar-refractivity contribution is -0.146. The van der Waals surface area contributed by atoms with Crippen molar-refractivity contribution in [2.45, 2.75) is 11.4 Å². The van der Waals surface area contributed by atoms with E-state index >= 15 is 0 Å². The van der Waals surface area contributed by atoms with E-state index in [0.29, 0.717) is 18.7 Å². The molecule has 1 saturated heterocycles. The Morgan fingerprint density at radius 3 is 2.22 bits per heavy atom. The van der Waals surface area contributed by atoms with E-state index < -0.39 is 21.8 Å². The number of primary sulfonamides is 1. The number of hydrogen-bond donors (Lipinski definition) is 2. The topological polar surface area (TPSA) is 113 Å². The van der Waals surface area contributed by atoms with Crippen LogP contribution in [0.5, 0.6) is 0 Å². The van der Waals surface area contributed by atoms with Crippen molar-refractivity contribution in [1.29, 1.82) is 0 Å². The molecule has 0 radical (unpaired) electrons. The van der Waals surface area contributed by atoms with Gasteiger partial charge in [-0.1, -0.05) is 12.1 Å². The molecule has 0 aromatic heterocycles. The zero-order chi connectivity index (χ0) is 17.0. The summed E-state index contributed by atoms with van der Waals surface area (Å²) in [4.78, 5) is 27.5. The van der Waals surface area contributed by atoms with Crippen LogP contribution in [0.25, 0.3) is 0 Å². The maximum atomic E-state index is 12.0. The van der Waals surface area contributed by atoms with Gasteiger partial charge in [0.1, 0.15) is 0 Å². The third kappa shape index (κ3) is 4.75. The van der Waals surface area contributed by atoms with Crippen LogP contribution in [0.3, 0.4) is 0 Å². The molecule has 1 aliphatic rings. The van der Waals surface area contributed by atoms with Gasteiger partial charge in [0.15, 0.2) is 0 Å². The van der Waals surface area contributed by atoms with Crippen molar-refractivity contribution >= 4 is 21.8 Å². The number of piperazine rings is 1. The Kier molecular flexibility index (Phi) is 5.34. The van der Waals surface area contributed by atoms with Gasteiger partial charge in [0, 0.05) is 32.7 Å². The van der Waals surface area contributed by atoms with Crippen molar-refractivity contribution in [3.05, 3.63) is 29.8 Å². The van der Waals surface area contributed by atoms with E-state index in [1.54, 1.807) is 12.1 Å². The van der Waals surface area contributed by atoms with E-state index in [0.717, 1.165) is 13.1 Å². The summed E-state index contributed by atoms with van der Waals surface area (Å²) in [7, 11) is -1.77. The second kappa shape index (κ2) is 7.07. The van der Waals surface area contributed by atoms with E-state index in [1.165, 1.54) is 17.0 Å². The maximum absolute atomic E-state index is 12.0. The molecule has 0 spiro atoms. The summed E-state index contributed by atoms with van der Waals surface area (Å²) in [5.41, 5.74) is 0.678. The molecule has 0 unspecified atom stereocenters. The molecule has 3 N–H and O–H groups in total. The van der Waals surface area contributed by atoms with Crippen LogP contribution in [0.1, 0.15) is 5.56 Å². The summed E-state index contributed by atoms with van der Waals surface area (Å²) in [6.07, 6.45) is 0. The summed E-state index contributed by atoms with van der Waals surface area (Å²) in [5, 5.41) is 7.55. The van der Waals surface area contributed by atoms with E-state index in [2.05, 4.69) is 10.2 Å². The molecule has 8 nitrogen and oxygen atoms in total. The molecular formula is C14H20N4O4S. The first kappa shape index (κ1) is 17.4. The minimum Gasteiger partial charge on any atom is -0.344 e. The lowest BCUT2D eigenvalue weighted by Crippen LogP contribution is -2.51. The van der Waals surface area contributed by atoms with Crippen molar-refractivity contribution in [3.8, 4) is 0 Å². The molecular weight excluding hydrogens is 320 g/mol. The fraction of sp³-hybridized carbons (Fsp3) is 0.429. The van der Waals surface area contributed by atoms with Gasteiger partial charge in [0.25, 0.3) is 0 Å². The van der Waals surface area contributed by atoms with E-state index in [-0.39, 0.29) is 11.4 Å². The van der Waals surface area contributed by atoms with Gasteiger partial charge in [0.2, 0.25) is 10.0 Å². The summed E-state index contributed by atoms with van der Waals surface area (Å²) in [5.74, 6) is -1.20. The fourth-order valence-electron chi connectivity index (χ4n) is 2.21. The minimum absolute atomic E-state index is 0.00101. The molecule has 1 heterocycles. The van der Waals surface area contributed by atoms with Crippen LogP contribution in [-0.2, 0) is 26.2 Å². The van der Waals surface area contributed by atoms with Crippen LogP contribution in [0.4, 0.5) is 0 Å². The van der Waals surface area contributed by atoms with Gasteiger partial charge in [-0.15, -0.1) is 0 Å². The third-order valence-electron chi connectivity index (χ3n) is 3.69. The van der Waals surface area contributed by atoms with Gasteiger partial charge in [0.05, 0.1) is 4.90 Å². The largest absolute Gasteiger partial charge is 0.344 e. The molecule has 0 bridgehead atoms. The number of likely N-dealkylation sites (N-methyl/N-ethyl adjacent to an activating group) is 1. The van der Waals surface area contributed by atoms with Gasteiger partial charge in [-0.3, -0.25) is 9.59 Å². The summed E-state index contributed by atoms with van der Waals surface area (Å²) >= 11 is 0. The quantitative estimate of drug-likeness (QED) is 0.666. The first-order valence-corrected chi connectivity index (χ1v) is 8.69. The Hall–Kier alpha value is -1.97. The first-order valence-electron chi connectivity index (χ1n) is 7.15. The number of benzene rings is 1. The first-order chi connectivity index (χ1) is 10.8. The van der Waals surface area contributed by atoms with Crippen LogP contribution < -0.4 is 10.5 Å². The normalized spacial score (nSPS) is 16.2. The van der Waals surface area contributed by atoms with Crippen LogP contribution in [0, 0.1) is 0 Å². The number of sulfonamides is 1. The number of carbonyl (C=O) groups is 2. The average Bonchev–Trinajstić information content (AvgIpc) is 2.52. The Labute approximate surface area is 135 Å². The number of nitrogens with zero attached hydrogens (tertiary/aromatic N) is 2. The van der Waals surface area contributed by atoms with Crippen LogP contribution in [0.2, 0.25) is 0 Å². The highest BCUT2D eigenvalue weighted by Gasteiger charge is 2.24. The lowest BCUT2D eigenvalue weighted by Gasteiger charge is -2.31. The zero-order valence-corrected chi connectivity index (χ0v) is 13.7. The Morgan fingerprint density at radius 2 is 1.70 bits per heavy atom. The van der Waals surface area contributed by atoms with Gasteiger partial charge in [-0.25, -0.2) is 13.6 Å². The molecule has 0 atom stereocenters. The van der Waals surface area contributed by atoms with Crippen molar-refractivity contribution in [2.75, 3.05) is 33.2 Å². The predicted molar refractivity (Wildman–Crippen MR) is 83.7 cm³/mol. The summed E-state index contributed by atoms with van der Waals surface area (Å²) in [6, 6.07) is 5.80. The highest BCUT2D eigenvalue weighted by Crippen LogP contribution is 2.08. The number of nitrogens with two attached hydrogens (primary N) is 1. The van der Waals surface area contributed by atoms with Gasteiger partial charge in [-0.05, 0) is 24.7 Å². The zero-order valence-electron chi connectivity index (χ0n) is 12.9. The molecule has 1 aromatic carbocycles. The van der Waals surface area contributed by atoms with Crippen molar-refractivity contribution in [3.63, 3.8) is 0 Å². The maximum Gasteiger partial charge on any atom is 0.311 e. The van der Waals surface area contributed by atoms with Gasteiger partial charge in [-0.2, -0.15) is 0 Å². The highest BCUT2D eigenvalue weighted by molar-refractivity contribution is 7.89. The third-order valence-corrected chi connectivity index (χ3v) is 4.62. The number of amides is 2. The van der Waals surface area contributed by atoms with E-state index in [4.69, 9.17) is 5.14 Å². The number of hydrogen-bond acceptors (Lipinski definition) is 5. The molecule has 2 rings (SSSR count). The highest BCUT2D eigenvalue weighted by atomic mass is 32.2. The van der Waals surface area contributed by atoms with Crippen LogP contribution >= 0.6 is 0 Å². The number of nitrogens with one attached hydrogen (secondary N) is 1. The molecule has 1 fully saturated rings. The molecule has 23 heavy (non-hydrogen) atoms. The number of rotatable bonds is 3. The Bertz CT molecular complexity index is 679. The minimum atomic E-state index is -3.74. The smallest absolute Gasteiger partial charge is 0.311 e. The molecule has 1 aromatic rings. The monoisotopic (exact) mass is 340 g/mol. The van der Waals surface area contributed by atoms with Gasteiger partial charge >= 0.3 is 11.8 Å². The predicted octanol–water partition coefficient (Wildman–Crippen LogP) is -1.28. The van der Waals surface area contributed by atoms with Crippen molar-refractivity contribution in [1.82, 2.24) is 15.1 Å². The van der Waals surface area contributed by atoms with Crippen LogP contribution in [0.15, 0.2) is 29.2 Å². The second-order valence-corrected chi connectivity index (χ2v) is 7.03. The fourth-order valence-corrected chi connectivity index (χ4v) is 2.72. The molecule has 0 aliphatic carbocycles. The Morgan fingerprint density at radius 1 is 1.13 bits per heavy atom. The molecule has 1 aliphatic heterocycles. The molecule has 2 amide bonds. The number of carbonyl (C=O) groups excluding carboxylic acids is 2. The lowest BCUT2D eigenvalue weighted by atomic mass is 10.2. The molecule has 9 heteroatoms. The van der Waals surface area contributed by atoms with Crippen molar-refractivity contribution < 1.29 is 18.0 Å². The summed E-state index contributed by atoms with van der Waals surface area (Å²) in [6.45, 7) is 2.70. The standard InChI is InChI=1S/C14H20N4O4S/c1-17-6-8-18(9-7-17)14(20)13(19)16-10-11-2-4-12(5-3-11)23(15,21)22/h2-5H,6-10H2,1H3,(H,16,19)(H2,15,21,22).